The molecule has 15 heavy (non-hydrogen) atoms. The number of Topliss-reactive ketones (excluding diaryl/α,β-unsaturated/α-hetero) is 1. The molecule has 0 fully saturated rings. The van der Waals surface area contributed by atoms with Gasteiger partial charge in [0.05, 0.1) is 27.1 Å². The molecule has 0 bridgehead atoms. The van der Waals surface area contributed by atoms with Crippen LogP contribution >= 0.6 is 0 Å². The Balaban J connectivity index is 4.40. The quantitative estimate of drug-likeness (QED) is 0.451. The lowest BCUT2D eigenvalue weighted by molar-refractivity contribution is -0.889. The molecule has 0 aromatic heterocycles. The van der Waals surface area contributed by atoms with Crippen LogP contribution in [-0.4, -0.2) is 43.4 Å². The summed E-state index contributed by atoms with van der Waals surface area (Å²) in [6.07, 6.45) is 0.501. The number of carbonyl (C=O) groups excluding carboxylic acids is 2. The van der Waals surface area contributed by atoms with E-state index >= 15 is 0 Å². The predicted octanol–water partition coefficient (Wildman–Crippen LogP) is -0.263. The first-order valence-electron chi connectivity index (χ1n) is 4.87. The second kappa shape index (κ2) is 5.07. The van der Waals surface area contributed by atoms with Gasteiger partial charge >= 0.3 is 0 Å². The molecule has 0 saturated heterocycles. The molecule has 0 N–H and O–H groups in total. The summed E-state index contributed by atoms with van der Waals surface area (Å²) >= 11 is 0. The molecular formula is C11H19NO3. The van der Waals surface area contributed by atoms with Gasteiger partial charge in [-0.3, -0.25) is 4.79 Å². The van der Waals surface area contributed by atoms with Gasteiger partial charge in [-0.2, -0.15) is 0 Å². The van der Waals surface area contributed by atoms with Crippen LogP contribution in [0.1, 0.15) is 19.8 Å². The molecule has 1 unspecified atom stereocenters. The second-order valence-corrected chi connectivity index (χ2v) is 4.69. The molecule has 0 saturated carbocycles. The molecule has 4 nitrogen and oxygen atoms in total. The van der Waals surface area contributed by atoms with Crippen molar-refractivity contribution >= 4 is 11.8 Å². The van der Waals surface area contributed by atoms with Crippen molar-refractivity contribution in [2.75, 3.05) is 21.1 Å². The van der Waals surface area contributed by atoms with Crippen LogP contribution in [0.5, 0.6) is 0 Å². The first-order chi connectivity index (χ1) is 6.66. The largest absolute Gasteiger partial charge is 0.544 e. The van der Waals surface area contributed by atoms with Crippen molar-refractivity contribution in [1.82, 2.24) is 0 Å². The Morgan fingerprint density at radius 1 is 1.33 bits per heavy atom. The van der Waals surface area contributed by atoms with Gasteiger partial charge in [0.25, 0.3) is 0 Å². The van der Waals surface area contributed by atoms with Gasteiger partial charge in [-0.15, -0.1) is 0 Å². The number of carboxylic acids is 1. The van der Waals surface area contributed by atoms with E-state index in [-0.39, 0.29) is 23.1 Å². The third-order valence-corrected chi connectivity index (χ3v) is 2.33. The molecule has 0 aliphatic carbocycles. The van der Waals surface area contributed by atoms with Crippen molar-refractivity contribution in [3.8, 4) is 0 Å². The molecule has 0 rings (SSSR count). The third-order valence-electron chi connectivity index (χ3n) is 2.33. The minimum absolute atomic E-state index is 0.0882. The highest BCUT2D eigenvalue weighted by Crippen LogP contribution is 2.11. The number of hydrogen-bond donors (Lipinski definition) is 0. The fourth-order valence-electron chi connectivity index (χ4n) is 1.30. The van der Waals surface area contributed by atoms with Crippen molar-refractivity contribution in [2.45, 2.75) is 25.8 Å². The molecule has 4 heteroatoms. The van der Waals surface area contributed by atoms with E-state index in [9.17, 15) is 14.7 Å². The highest BCUT2D eigenvalue weighted by molar-refractivity contribution is 5.94. The van der Waals surface area contributed by atoms with Crippen molar-refractivity contribution in [1.29, 1.82) is 0 Å². The summed E-state index contributed by atoms with van der Waals surface area (Å²) in [6, 6.07) is -0.659. The topological polar surface area (TPSA) is 57.2 Å². The summed E-state index contributed by atoms with van der Waals surface area (Å²) in [5.41, 5.74) is 0.466. The van der Waals surface area contributed by atoms with E-state index in [0.29, 0.717) is 5.57 Å². The van der Waals surface area contributed by atoms with Gasteiger partial charge in [-0.1, -0.05) is 6.58 Å². The average molecular weight is 213 g/mol. The molecule has 0 aliphatic rings. The predicted molar refractivity (Wildman–Crippen MR) is 55.9 cm³/mol. The summed E-state index contributed by atoms with van der Waals surface area (Å²) in [5.74, 6) is -1.20. The van der Waals surface area contributed by atoms with Crippen molar-refractivity contribution in [2.24, 2.45) is 0 Å². The van der Waals surface area contributed by atoms with Crippen molar-refractivity contribution in [3.05, 3.63) is 12.2 Å². The summed E-state index contributed by atoms with van der Waals surface area (Å²) in [7, 11) is 5.31. The Hall–Kier alpha value is -1.16. The minimum atomic E-state index is -1.11. The molecule has 0 aliphatic heterocycles. The van der Waals surface area contributed by atoms with Crippen LogP contribution < -0.4 is 5.11 Å². The normalized spacial score (nSPS) is 13.3. The lowest BCUT2D eigenvalue weighted by atomic mass is 10.0. The Labute approximate surface area is 90.8 Å². The van der Waals surface area contributed by atoms with E-state index in [0.717, 1.165) is 0 Å². The van der Waals surface area contributed by atoms with Gasteiger partial charge in [0, 0.05) is 12.8 Å². The fraction of sp³-hybridized carbons (Fsp3) is 0.636. The van der Waals surface area contributed by atoms with Crippen LogP contribution in [0.25, 0.3) is 0 Å². The molecular weight excluding hydrogens is 194 g/mol. The molecule has 0 aromatic rings. The van der Waals surface area contributed by atoms with Gasteiger partial charge in [0.1, 0.15) is 6.04 Å². The summed E-state index contributed by atoms with van der Waals surface area (Å²) in [5, 5.41) is 10.9. The zero-order chi connectivity index (χ0) is 12.2. The van der Waals surface area contributed by atoms with Crippen molar-refractivity contribution < 1.29 is 19.2 Å². The van der Waals surface area contributed by atoms with E-state index in [2.05, 4.69) is 6.58 Å². The Morgan fingerprint density at radius 3 is 2.07 bits per heavy atom. The molecule has 86 valence electrons. The number of carbonyl (C=O) groups is 2. The van der Waals surface area contributed by atoms with E-state index in [4.69, 9.17) is 0 Å². The summed E-state index contributed by atoms with van der Waals surface area (Å²) in [6.45, 7) is 5.15. The van der Waals surface area contributed by atoms with Gasteiger partial charge in [0.15, 0.2) is 5.78 Å². The summed E-state index contributed by atoms with van der Waals surface area (Å²) < 4.78 is 0.256. The number of allylic oxidation sites excluding steroid dienone is 1. The number of hydrogen-bond acceptors (Lipinski definition) is 3. The second-order valence-electron chi connectivity index (χ2n) is 4.69. The highest BCUT2D eigenvalue weighted by atomic mass is 16.4. The van der Waals surface area contributed by atoms with Crippen LogP contribution in [0.4, 0.5) is 0 Å². The number of nitrogens with zero attached hydrogens (tertiary/aromatic N) is 1. The van der Waals surface area contributed by atoms with Crippen LogP contribution in [0.2, 0.25) is 0 Å². The summed E-state index contributed by atoms with van der Waals surface area (Å²) in [4.78, 5) is 22.1. The van der Waals surface area contributed by atoms with Crippen molar-refractivity contribution in [3.63, 3.8) is 0 Å². The van der Waals surface area contributed by atoms with Gasteiger partial charge in [0.2, 0.25) is 0 Å². The maximum absolute atomic E-state index is 11.3. The first-order valence-corrected chi connectivity index (χ1v) is 4.87. The molecule has 0 aromatic carbocycles. The van der Waals surface area contributed by atoms with Crippen LogP contribution in [0.3, 0.4) is 0 Å². The third kappa shape index (κ3) is 4.74. The van der Waals surface area contributed by atoms with Gasteiger partial charge in [-0.05, 0) is 12.5 Å². The average Bonchev–Trinajstić information content (AvgIpc) is 2.00. The standard InChI is InChI=1S/C11H19NO3/c1-8(2)10(13)7-6-9(11(14)15)12(3,4)5/h9H,1,6-7H2,2-5H3. The lowest BCUT2D eigenvalue weighted by Crippen LogP contribution is -2.54. The monoisotopic (exact) mass is 213 g/mol. The van der Waals surface area contributed by atoms with E-state index in [1.807, 2.05) is 0 Å². The molecule has 0 spiro atoms. The zero-order valence-electron chi connectivity index (χ0n) is 9.87. The van der Waals surface area contributed by atoms with E-state index in [1.165, 1.54) is 0 Å². The number of rotatable bonds is 6. The zero-order valence-corrected chi connectivity index (χ0v) is 9.87. The van der Waals surface area contributed by atoms with E-state index in [1.54, 1.807) is 28.1 Å². The number of aliphatic carboxylic acids is 1. The lowest BCUT2D eigenvalue weighted by Gasteiger charge is -2.34. The van der Waals surface area contributed by atoms with Gasteiger partial charge in [-0.25, -0.2) is 0 Å². The Morgan fingerprint density at radius 2 is 1.80 bits per heavy atom. The highest BCUT2D eigenvalue weighted by Gasteiger charge is 2.25. The molecule has 1 atom stereocenters. The maximum atomic E-state index is 11.3. The molecule has 0 radical (unpaired) electrons. The maximum Gasteiger partial charge on any atom is 0.158 e. The van der Waals surface area contributed by atoms with Crippen LogP contribution in [0.15, 0.2) is 12.2 Å². The molecule has 0 heterocycles. The van der Waals surface area contributed by atoms with Crippen LogP contribution in [-0.2, 0) is 9.59 Å². The fourth-order valence-corrected chi connectivity index (χ4v) is 1.30. The SMILES string of the molecule is C=C(C)C(=O)CCC(C(=O)[O-])[N+](C)(C)C. The Kier molecular flexibility index (Phi) is 4.68. The molecule has 0 amide bonds. The number of quaternary nitrogens is 1. The number of carboxylic acid groups (broad SMARTS) is 1. The number of ketones is 1. The smallest absolute Gasteiger partial charge is 0.158 e. The van der Waals surface area contributed by atoms with Gasteiger partial charge < -0.3 is 14.4 Å². The van der Waals surface area contributed by atoms with Crippen LogP contribution in [0, 0.1) is 0 Å². The first kappa shape index (κ1) is 13.8. The van der Waals surface area contributed by atoms with E-state index < -0.39 is 12.0 Å². The minimum Gasteiger partial charge on any atom is -0.544 e. The number of likely N-dealkylation sites (N-methyl/N-ethyl adjacent to an activating group) is 1. The Bertz CT molecular complexity index is 276.